The number of aliphatic hydroxyl groups is 1. The van der Waals surface area contributed by atoms with E-state index in [1.54, 1.807) is 0 Å². The van der Waals surface area contributed by atoms with E-state index in [2.05, 4.69) is 26.0 Å². The number of hydrogen-bond acceptors (Lipinski definition) is 2. The number of rotatable bonds is 2. The van der Waals surface area contributed by atoms with Crippen LogP contribution < -0.4 is 0 Å². The van der Waals surface area contributed by atoms with Gasteiger partial charge in [0.15, 0.2) is 0 Å². The Kier molecular flexibility index (Phi) is 3.88. The van der Waals surface area contributed by atoms with Crippen molar-refractivity contribution in [1.29, 1.82) is 0 Å². The van der Waals surface area contributed by atoms with Crippen LogP contribution in [0.4, 0.5) is 0 Å². The smallest absolute Gasteiger partial charge is 0.0499 e. The second kappa shape index (κ2) is 4.25. The molecule has 66 valence electrons. The van der Waals surface area contributed by atoms with E-state index in [-0.39, 0.29) is 12.0 Å². The van der Waals surface area contributed by atoms with E-state index in [1.165, 1.54) is 0 Å². The molecule has 0 amide bonds. The number of nitrogens with zero attached hydrogens (tertiary/aromatic N) is 1. The lowest BCUT2D eigenvalue weighted by molar-refractivity contribution is 0.0954. The Bertz CT molecular complexity index is 120. The van der Waals surface area contributed by atoms with E-state index in [9.17, 15) is 0 Å². The van der Waals surface area contributed by atoms with Crippen molar-refractivity contribution in [1.82, 2.24) is 3.11 Å². The summed E-state index contributed by atoms with van der Waals surface area (Å²) in [5, 5.41) is 9.12. The van der Waals surface area contributed by atoms with Gasteiger partial charge in [0.2, 0.25) is 0 Å². The molecule has 0 aromatic carbocycles. The second-order valence-corrected chi connectivity index (χ2v) is 4.83. The highest BCUT2D eigenvalue weighted by Crippen LogP contribution is 2.33. The second-order valence-electron chi connectivity index (χ2n) is 3.20. The van der Waals surface area contributed by atoms with Gasteiger partial charge in [-0.05, 0) is 12.8 Å². The minimum atomic E-state index is 0.0171. The molecule has 0 aromatic heterocycles. The molecule has 1 N–H and O–H groups in total. The molecule has 2 nitrogen and oxygen atoms in total. The third-order valence-corrected chi connectivity index (χ3v) is 3.92. The summed E-state index contributed by atoms with van der Waals surface area (Å²) in [4.78, 5) is 0. The number of halogens is 2. The standard InChI is InChI=1S/C7H13ClINO/c8-5-7(6-11)1-3-10(9)4-2-7/h11H,1-6H2. The van der Waals surface area contributed by atoms with Crippen LogP contribution in [0, 0.1) is 5.41 Å². The van der Waals surface area contributed by atoms with Gasteiger partial charge in [0.05, 0.1) is 0 Å². The Balaban J connectivity index is 2.45. The first-order chi connectivity index (χ1) is 5.22. The fraction of sp³-hybridized carbons (Fsp3) is 1.00. The largest absolute Gasteiger partial charge is 0.396 e. The van der Waals surface area contributed by atoms with Crippen LogP contribution >= 0.6 is 34.5 Å². The lowest BCUT2D eigenvalue weighted by atomic mass is 9.82. The predicted octanol–water partition coefficient (Wildman–Crippen LogP) is 1.65. The maximum atomic E-state index is 9.12. The molecule has 11 heavy (non-hydrogen) atoms. The van der Waals surface area contributed by atoms with Crippen molar-refractivity contribution in [3.63, 3.8) is 0 Å². The van der Waals surface area contributed by atoms with Crippen molar-refractivity contribution in [2.24, 2.45) is 5.41 Å². The van der Waals surface area contributed by atoms with Gasteiger partial charge < -0.3 is 5.11 Å². The molecule has 0 atom stereocenters. The van der Waals surface area contributed by atoms with Crippen LogP contribution in [0.3, 0.4) is 0 Å². The van der Waals surface area contributed by atoms with Crippen LogP contribution in [0.1, 0.15) is 12.8 Å². The number of hydrogen-bond donors (Lipinski definition) is 1. The Morgan fingerprint density at radius 3 is 2.36 bits per heavy atom. The summed E-state index contributed by atoms with van der Waals surface area (Å²) >= 11 is 8.12. The average Bonchev–Trinajstić information content (AvgIpc) is 2.07. The highest BCUT2D eigenvalue weighted by molar-refractivity contribution is 14.1. The zero-order chi connectivity index (χ0) is 8.32. The summed E-state index contributed by atoms with van der Waals surface area (Å²) < 4.78 is 2.25. The predicted molar refractivity (Wildman–Crippen MR) is 55.1 cm³/mol. The van der Waals surface area contributed by atoms with Crippen LogP contribution in [0.15, 0.2) is 0 Å². The highest BCUT2D eigenvalue weighted by Gasteiger charge is 2.32. The van der Waals surface area contributed by atoms with Crippen molar-refractivity contribution in [3.8, 4) is 0 Å². The topological polar surface area (TPSA) is 23.5 Å². The number of aliphatic hydroxyl groups excluding tert-OH is 1. The summed E-state index contributed by atoms with van der Waals surface area (Å²) in [6.45, 7) is 2.34. The molecule has 0 aromatic rings. The Labute approximate surface area is 86.4 Å². The third kappa shape index (κ3) is 2.44. The third-order valence-electron chi connectivity index (χ3n) is 2.39. The summed E-state index contributed by atoms with van der Waals surface area (Å²) in [7, 11) is 0. The van der Waals surface area contributed by atoms with Gasteiger partial charge >= 0.3 is 0 Å². The van der Waals surface area contributed by atoms with E-state index >= 15 is 0 Å². The molecule has 0 saturated carbocycles. The van der Waals surface area contributed by atoms with Gasteiger partial charge in [-0.3, -0.25) is 0 Å². The van der Waals surface area contributed by atoms with Crippen LogP contribution in [-0.4, -0.2) is 33.8 Å². The van der Waals surface area contributed by atoms with E-state index in [4.69, 9.17) is 16.7 Å². The van der Waals surface area contributed by atoms with Crippen molar-refractivity contribution in [2.75, 3.05) is 25.6 Å². The first-order valence-electron chi connectivity index (χ1n) is 3.80. The molecule has 1 fully saturated rings. The van der Waals surface area contributed by atoms with Crippen molar-refractivity contribution >= 4 is 34.5 Å². The lowest BCUT2D eigenvalue weighted by Gasteiger charge is -2.36. The molecule has 1 aliphatic rings. The van der Waals surface area contributed by atoms with Crippen molar-refractivity contribution in [3.05, 3.63) is 0 Å². The molecule has 1 saturated heterocycles. The van der Waals surface area contributed by atoms with Gasteiger partial charge in [-0.15, -0.1) is 11.6 Å². The molecule has 0 aliphatic carbocycles. The summed E-state index contributed by atoms with van der Waals surface area (Å²) in [6.07, 6.45) is 2.05. The minimum Gasteiger partial charge on any atom is -0.396 e. The molecule has 0 radical (unpaired) electrons. The van der Waals surface area contributed by atoms with E-state index in [1.807, 2.05) is 0 Å². The SMILES string of the molecule is OCC1(CCl)CCN(I)CC1. The van der Waals surface area contributed by atoms with Crippen molar-refractivity contribution < 1.29 is 5.11 Å². The first kappa shape index (κ1) is 10.0. The molecule has 0 unspecified atom stereocenters. The Morgan fingerprint density at radius 2 is 2.00 bits per heavy atom. The van der Waals surface area contributed by atoms with E-state index in [0.717, 1.165) is 25.9 Å². The fourth-order valence-corrected chi connectivity index (χ4v) is 2.12. The maximum Gasteiger partial charge on any atom is 0.0499 e. The molecule has 1 heterocycles. The van der Waals surface area contributed by atoms with Gasteiger partial charge in [-0.2, -0.15) is 0 Å². The van der Waals surface area contributed by atoms with Crippen LogP contribution in [0.5, 0.6) is 0 Å². The molecule has 0 bridgehead atoms. The summed E-state index contributed by atoms with van der Waals surface area (Å²) in [5.74, 6) is 0.591. The Hall–Kier alpha value is 0.940. The van der Waals surface area contributed by atoms with Crippen LogP contribution in [0.25, 0.3) is 0 Å². The highest BCUT2D eigenvalue weighted by atomic mass is 127. The maximum absolute atomic E-state index is 9.12. The molecule has 1 aliphatic heterocycles. The monoisotopic (exact) mass is 289 g/mol. The van der Waals surface area contributed by atoms with Gasteiger partial charge in [0, 0.05) is 53.9 Å². The molecular formula is C7H13ClINO. The average molecular weight is 290 g/mol. The summed E-state index contributed by atoms with van der Waals surface area (Å²) in [5.41, 5.74) is 0.0171. The Morgan fingerprint density at radius 1 is 1.45 bits per heavy atom. The van der Waals surface area contributed by atoms with Gasteiger partial charge in [0.1, 0.15) is 0 Å². The first-order valence-corrected chi connectivity index (χ1v) is 5.30. The minimum absolute atomic E-state index is 0.0171. The molecule has 4 heteroatoms. The van der Waals surface area contributed by atoms with Gasteiger partial charge in [-0.25, -0.2) is 3.11 Å². The van der Waals surface area contributed by atoms with Crippen molar-refractivity contribution in [2.45, 2.75) is 12.8 Å². The fourth-order valence-electron chi connectivity index (χ4n) is 1.29. The number of piperidine rings is 1. The summed E-state index contributed by atoms with van der Waals surface area (Å²) in [6, 6.07) is 0. The lowest BCUT2D eigenvalue weighted by Crippen LogP contribution is -2.39. The zero-order valence-electron chi connectivity index (χ0n) is 6.39. The normalized spacial score (nSPS) is 25.4. The molecular weight excluding hydrogens is 276 g/mol. The number of alkyl halides is 1. The van der Waals surface area contributed by atoms with Gasteiger partial charge in [0.25, 0.3) is 0 Å². The van der Waals surface area contributed by atoms with Crippen LogP contribution in [0.2, 0.25) is 0 Å². The molecule has 0 spiro atoms. The quantitative estimate of drug-likeness (QED) is 0.475. The van der Waals surface area contributed by atoms with E-state index in [0.29, 0.717) is 5.88 Å². The molecule has 1 rings (SSSR count). The van der Waals surface area contributed by atoms with E-state index < -0.39 is 0 Å². The zero-order valence-corrected chi connectivity index (χ0v) is 9.31. The van der Waals surface area contributed by atoms with Gasteiger partial charge in [-0.1, -0.05) is 0 Å². The van der Waals surface area contributed by atoms with Crippen LogP contribution in [-0.2, 0) is 0 Å².